The molecule has 0 bridgehead atoms. The van der Waals surface area contributed by atoms with E-state index in [2.05, 4.69) is 15.6 Å². The van der Waals surface area contributed by atoms with Crippen LogP contribution >= 0.6 is 11.3 Å². The topological polar surface area (TPSA) is 130 Å². The van der Waals surface area contributed by atoms with Crippen molar-refractivity contribution in [3.63, 3.8) is 0 Å². The monoisotopic (exact) mass is 642 g/mol. The number of halogens is 2. The molecule has 3 N–H and O–H groups in total. The maximum atomic E-state index is 13.7. The van der Waals surface area contributed by atoms with Crippen molar-refractivity contribution in [3.8, 4) is 10.6 Å². The van der Waals surface area contributed by atoms with E-state index in [1.54, 1.807) is 6.20 Å². The fraction of sp³-hybridized carbons (Fsp3) is 0.484. The Bertz CT molecular complexity index is 1770. The van der Waals surface area contributed by atoms with Crippen molar-refractivity contribution in [3.05, 3.63) is 53.5 Å². The van der Waals surface area contributed by atoms with Gasteiger partial charge in [0.1, 0.15) is 28.0 Å². The number of aliphatic hydroxyl groups is 1. The van der Waals surface area contributed by atoms with Crippen LogP contribution in [-0.2, 0) is 9.84 Å². The van der Waals surface area contributed by atoms with Gasteiger partial charge in [-0.05, 0) is 76.5 Å². The summed E-state index contributed by atoms with van der Waals surface area (Å²) < 4.78 is 54.5. The minimum atomic E-state index is -3.87. The summed E-state index contributed by atoms with van der Waals surface area (Å²) in [4.78, 5) is 18.5. The summed E-state index contributed by atoms with van der Waals surface area (Å²) >= 11 is 1.53. The SMILES string of the molecule is Cc1nc(NCCC2(O)CCCC2)nc(N[C@H]2CC[C@@H](CS(=O)(=O)c3cc(F)cc(F)c3)C2)c1-c1nc2c(C)nccc2s1. The van der Waals surface area contributed by atoms with Crippen molar-refractivity contribution >= 4 is 43.2 Å². The molecule has 9 nitrogen and oxygen atoms in total. The Kier molecular flexibility index (Phi) is 8.55. The van der Waals surface area contributed by atoms with Crippen LogP contribution in [0.1, 0.15) is 62.8 Å². The summed E-state index contributed by atoms with van der Waals surface area (Å²) in [6.07, 6.45) is 7.96. The van der Waals surface area contributed by atoms with Gasteiger partial charge in [-0.1, -0.05) is 12.8 Å². The molecule has 2 aliphatic rings. The quantitative estimate of drug-likeness (QED) is 0.185. The number of hydrogen-bond donors (Lipinski definition) is 3. The Labute approximate surface area is 259 Å². The summed E-state index contributed by atoms with van der Waals surface area (Å²) in [7, 11) is -3.87. The van der Waals surface area contributed by atoms with Crippen molar-refractivity contribution in [1.29, 1.82) is 0 Å². The Morgan fingerprint density at radius 2 is 1.80 bits per heavy atom. The Morgan fingerprint density at radius 3 is 2.52 bits per heavy atom. The molecule has 2 atom stereocenters. The predicted molar refractivity (Wildman–Crippen MR) is 168 cm³/mol. The van der Waals surface area contributed by atoms with Crippen LogP contribution in [0.25, 0.3) is 20.8 Å². The number of anilines is 2. The molecule has 0 saturated heterocycles. The summed E-state index contributed by atoms with van der Waals surface area (Å²) in [6, 6.07) is 4.27. The van der Waals surface area contributed by atoms with Crippen LogP contribution in [0.3, 0.4) is 0 Å². The summed E-state index contributed by atoms with van der Waals surface area (Å²) in [5.74, 6) is -1.16. The van der Waals surface area contributed by atoms with Crippen LogP contribution in [0, 0.1) is 31.4 Å². The van der Waals surface area contributed by atoms with E-state index in [0.717, 1.165) is 70.0 Å². The van der Waals surface area contributed by atoms with Gasteiger partial charge in [-0.2, -0.15) is 4.98 Å². The molecule has 0 radical (unpaired) electrons. The minimum Gasteiger partial charge on any atom is -0.390 e. The predicted octanol–water partition coefficient (Wildman–Crippen LogP) is 6.20. The lowest BCUT2D eigenvalue weighted by molar-refractivity contribution is 0.0424. The standard InChI is InChI=1S/C31H36F2N6O3S2/c1-18-26(29-38-27-19(2)34-11-7-25(27)43-29)28(39-30(36-18)35-12-10-31(40)8-3-4-9-31)37-23-6-5-20(13-23)17-44(41,42)24-15-21(32)14-22(33)16-24/h7,11,14-16,20,23,40H,3-6,8-10,12-13,17H2,1-2H3,(H2,35,36,37,39)/t20-,23+/m1/s1. The molecule has 0 aliphatic heterocycles. The number of nitrogens with one attached hydrogen (secondary N) is 2. The number of thiazole rings is 1. The lowest BCUT2D eigenvalue weighted by Gasteiger charge is -2.22. The molecule has 13 heteroatoms. The van der Waals surface area contributed by atoms with Gasteiger partial charge in [0.2, 0.25) is 5.95 Å². The number of benzene rings is 1. The third-order valence-corrected chi connectivity index (χ3v) is 11.6. The van der Waals surface area contributed by atoms with Crippen LogP contribution in [0.15, 0.2) is 35.4 Å². The first-order valence-electron chi connectivity index (χ1n) is 15.0. The van der Waals surface area contributed by atoms with Crippen LogP contribution in [0.5, 0.6) is 0 Å². The molecule has 2 aliphatic carbocycles. The number of aromatic nitrogens is 4. The van der Waals surface area contributed by atoms with Crippen LogP contribution < -0.4 is 10.6 Å². The zero-order chi connectivity index (χ0) is 31.1. The maximum Gasteiger partial charge on any atom is 0.224 e. The van der Waals surface area contributed by atoms with Crippen LogP contribution in [0.4, 0.5) is 20.5 Å². The van der Waals surface area contributed by atoms with E-state index in [9.17, 15) is 22.3 Å². The molecular formula is C31H36F2N6O3S2. The first-order chi connectivity index (χ1) is 21.0. The Hall–Kier alpha value is -3.29. The first-order valence-corrected chi connectivity index (χ1v) is 17.5. The van der Waals surface area contributed by atoms with Gasteiger partial charge in [0.05, 0.1) is 37.9 Å². The first kappa shape index (κ1) is 30.7. The molecule has 234 valence electrons. The molecule has 44 heavy (non-hydrogen) atoms. The van der Waals surface area contributed by atoms with E-state index < -0.39 is 27.1 Å². The van der Waals surface area contributed by atoms with Crippen molar-refractivity contribution in [1.82, 2.24) is 19.9 Å². The van der Waals surface area contributed by atoms with E-state index in [-0.39, 0.29) is 22.6 Å². The van der Waals surface area contributed by atoms with Crippen molar-refractivity contribution in [2.75, 3.05) is 22.9 Å². The highest BCUT2D eigenvalue weighted by Crippen LogP contribution is 2.39. The number of fused-ring (bicyclic) bond motifs is 1. The molecule has 1 aromatic carbocycles. The van der Waals surface area contributed by atoms with Gasteiger partial charge in [0.25, 0.3) is 0 Å². The second-order valence-corrected chi connectivity index (χ2v) is 15.2. The van der Waals surface area contributed by atoms with Gasteiger partial charge >= 0.3 is 0 Å². The van der Waals surface area contributed by atoms with Gasteiger partial charge in [-0.3, -0.25) is 4.98 Å². The van der Waals surface area contributed by atoms with Crippen molar-refractivity contribution in [2.24, 2.45) is 5.92 Å². The molecule has 2 saturated carbocycles. The Balaban J connectivity index is 1.24. The molecule has 0 amide bonds. The molecule has 3 aromatic heterocycles. The maximum absolute atomic E-state index is 13.7. The third-order valence-electron chi connectivity index (χ3n) is 8.73. The summed E-state index contributed by atoms with van der Waals surface area (Å²) in [5.41, 5.74) is 2.52. The van der Waals surface area contributed by atoms with Gasteiger partial charge in [0.15, 0.2) is 9.84 Å². The van der Waals surface area contributed by atoms with Gasteiger partial charge in [-0.15, -0.1) is 11.3 Å². The van der Waals surface area contributed by atoms with Gasteiger partial charge < -0.3 is 15.7 Å². The number of nitrogens with zero attached hydrogens (tertiary/aromatic N) is 4. The fourth-order valence-corrected chi connectivity index (χ4v) is 9.27. The average Bonchev–Trinajstić information content (AvgIpc) is 3.69. The van der Waals surface area contributed by atoms with E-state index >= 15 is 0 Å². The van der Waals surface area contributed by atoms with Crippen molar-refractivity contribution in [2.45, 2.75) is 81.8 Å². The average molecular weight is 643 g/mol. The lowest BCUT2D eigenvalue weighted by atomic mass is 9.98. The zero-order valence-electron chi connectivity index (χ0n) is 24.7. The van der Waals surface area contributed by atoms with Gasteiger partial charge in [0, 0.05) is 24.8 Å². The minimum absolute atomic E-state index is 0.0719. The van der Waals surface area contributed by atoms with Crippen LogP contribution in [-0.4, -0.2) is 57.4 Å². The third kappa shape index (κ3) is 6.69. The largest absolute Gasteiger partial charge is 0.390 e. The summed E-state index contributed by atoms with van der Waals surface area (Å²) in [5, 5.41) is 18.4. The number of aryl methyl sites for hydroxylation is 2. The summed E-state index contributed by atoms with van der Waals surface area (Å²) in [6.45, 7) is 4.37. The number of rotatable bonds is 10. The zero-order valence-corrected chi connectivity index (χ0v) is 26.4. The number of hydrogen-bond acceptors (Lipinski definition) is 10. The highest BCUT2D eigenvalue weighted by Gasteiger charge is 2.32. The second-order valence-electron chi connectivity index (χ2n) is 12.1. The molecule has 4 aromatic rings. The van der Waals surface area contributed by atoms with E-state index in [1.807, 2.05) is 19.9 Å². The van der Waals surface area contributed by atoms with Crippen molar-refractivity contribution < 1.29 is 22.3 Å². The lowest BCUT2D eigenvalue weighted by Crippen LogP contribution is -2.27. The molecule has 0 spiro atoms. The van der Waals surface area contributed by atoms with E-state index in [4.69, 9.17) is 15.0 Å². The smallest absolute Gasteiger partial charge is 0.224 e. The molecule has 6 rings (SSSR count). The second kappa shape index (κ2) is 12.2. The Morgan fingerprint density at radius 1 is 1.05 bits per heavy atom. The molecule has 0 unspecified atom stereocenters. The highest BCUT2D eigenvalue weighted by atomic mass is 32.2. The molecule has 2 fully saturated rings. The van der Waals surface area contributed by atoms with E-state index in [1.165, 1.54) is 11.3 Å². The van der Waals surface area contributed by atoms with Gasteiger partial charge in [-0.25, -0.2) is 27.2 Å². The molecular weight excluding hydrogens is 607 g/mol. The number of sulfone groups is 1. The fourth-order valence-electron chi connectivity index (χ4n) is 6.46. The van der Waals surface area contributed by atoms with Crippen LogP contribution in [0.2, 0.25) is 0 Å². The normalized spacial score (nSPS) is 19.9. The molecule has 3 heterocycles. The highest BCUT2D eigenvalue weighted by molar-refractivity contribution is 7.91. The van der Waals surface area contributed by atoms with E-state index in [0.29, 0.717) is 50.1 Å². The number of pyridine rings is 1.